The van der Waals surface area contributed by atoms with Gasteiger partial charge in [-0.1, -0.05) is 19.1 Å². The molecule has 0 saturated heterocycles. The Hall–Kier alpha value is -2.45. The summed E-state index contributed by atoms with van der Waals surface area (Å²) < 4.78 is 5.08. The van der Waals surface area contributed by atoms with Gasteiger partial charge in [-0.2, -0.15) is 0 Å². The second-order valence-electron chi connectivity index (χ2n) is 4.54. The van der Waals surface area contributed by atoms with Gasteiger partial charge in [-0.05, 0) is 17.7 Å². The number of carboxylic acid groups (broad SMARTS) is 2. The molecule has 1 aromatic rings. The first-order valence-electron chi connectivity index (χ1n) is 6.56. The summed E-state index contributed by atoms with van der Waals surface area (Å²) in [6.45, 7) is 1.57. The number of hydrogen-bond acceptors (Lipinski definition) is 5. The van der Waals surface area contributed by atoms with Gasteiger partial charge in [0.25, 0.3) is 0 Å². The van der Waals surface area contributed by atoms with Crippen LogP contribution in [0.25, 0.3) is 0 Å². The van der Waals surface area contributed by atoms with Crippen LogP contribution in [0.15, 0.2) is 24.3 Å². The molecule has 1 aromatic carbocycles. The zero-order chi connectivity index (χ0) is 16.7. The van der Waals surface area contributed by atoms with Crippen LogP contribution in [0.4, 0.5) is 5.69 Å². The lowest BCUT2D eigenvalue weighted by Gasteiger charge is -2.17. The Morgan fingerprint density at radius 1 is 1.27 bits per heavy atom. The largest absolute Gasteiger partial charge is 0.480 e. The molecule has 0 saturated carbocycles. The Morgan fingerprint density at radius 2 is 1.95 bits per heavy atom. The minimum atomic E-state index is -1.67. The Kier molecular flexibility index (Phi) is 6.48. The van der Waals surface area contributed by atoms with Crippen molar-refractivity contribution in [2.24, 2.45) is 5.73 Å². The number of carbonyl (C=O) groups excluding carboxylic acids is 1. The molecule has 120 valence electrons. The third kappa shape index (κ3) is 5.15. The van der Waals surface area contributed by atoms with Crippen molar-refractivity contribution >= 4 is 23.5 Å². The molecular weight excluding hydrogens is 292 g/mol. The smallest absolute Gasteiger partial charge is 0.335 e. The number of anilines is 1. The van der Waals surface area contributed by atoms with Gasteiger partial charge in [-0.15, -0.1) is 0 Å². The number of carbonyl (C=O) groups is 3. The number of ether oxygens (including phenoxy) is 1. The first-order valence-corrected chi connectivity index (χ1v) is 6.56. The Bertz CT molecular complexity index is 560. The van der Waals surface area contributed by atoms with Gasteiger partial charge in [-0.3, -0.25) is 9.59 Å². The van der Waals surface area contributed by atoms with Crippen LogP contribution in [0.2, 0.25) is 0 Å². The van der Waals surface area contributed by atoms with Crippen molar-refractivity contribution < 1.29 is 29.3 Å². The minimum Gasteiger partial charge on any atom is -0.480 e. The van der Waals surface area contributed by atoms with Crippen LogP contribution in [-0.4, -0.2) is 40.2 Å². The van der Waals surface area contributed by atoms with Crippen molar-refractivity contribution in [2.45, 2.75) is 32.1 Å². The van der Waals surface area contributed by atoms with E-state index in [9.17, 15) is 14.4 Å². The minimum absolute atomic E-state index is 0.145. The fourth-order valence-corrected chi connectivity index (χ4v) is 1.63. The molecule has 8 heteroatoms. The molecule has 0 spiro atoms. The highest BCUT2D eigenvalue weighted by molar-refractivity contribution is 5.90. The van der Waals surface area contributed by atoms with Gasteiger partial charge in [0, 0.05) is 12.1 Å². The third-order valence-corrected chi connectivity index (χ3v) is 2.82. The molecule has 0 unspecified atom stereocenters. The highest BCUT2D eigenvalue weighted by atomic mass is 16.5. The molecule has 0 aliphatic rings. The van der Waals surface area contributed by atoms with Gasteiger partial charge >= 0.3 is 11.9 Å². The maximum Gasteiger partial charge on any atom is 0.335 e. The van der Waals surface area contributed by atoms with E-state index in [4.69, 9.17) is 20.7 Å². The molecule has 0 heterocycles. The summed E-state index contributed by atoms with van der Waals surface area (Å²) in [5.74, 6) is -3.07. The average Bonchev–Trinajstić information content (AvgIpc) is 2.47. The van der Waals surface area contributed by atoms with Crippen LogP contribution in [0.1, 0.15) is 18.9 Å². The van der Waals surface area contributed by atoms with Gasteiger partial charge in [0.15, 0.2) is 6.10 Å². The van der Waals surface area contributed by atoms with Crippen LogP contribution < -0.4 is 11.1 Å². The van der Waals surface area contributed by atoms with Crippen LogP contribution in [0.5, 0.6) is 0 Å². The molecular formula is C14H18N2O6. The standard InChI is InChI=1S/C14H18N2O6/c1-2-10(17)16-9-5-3-4-8(6-9)7-22-12(14(20)21)11(15)13(18)19/h3-6,11-12H,2,7,15H2,1H3,(H,16,17)(H,18,19)(H,20,21)/t11-,12-/m0/s1. The number of carboxylic acids is 2. The van der Waals surface area contributed by atoms with Crippen LogP contribution in [-0.2, 0) is 25.7 Å². The Morgan fingerprint density at radius 3 is 2.50 bits per heavy atom. The van der Waals surface area contributed by atoms with E-state index in [0.29, 0.717) is 17.7 Å². The van der Waals surface area contributed by atoms with Crippen molar-refractivity contribution in [1.29, 1.82) is 0 Å². The van der Waals surface area contributed by atoms with Gasteiger partial charge in [-0.25, -0.2) is 4.79 Å². The number of rotatable bonds is 8. The van der Waals surface area contributed by atoms with Crippen molar-refractivity contribution in [3.63, 3.8) is 0 Å². The summed E-state index contributed by atoms with van der Waals surface area (Å²) in [5, 5.41) is 20.4. The zero-order valence-corrected chi connectivity index (χ0v) is 12.0. The van der Waals surface area contributed by atoms with E-state index in [1.54, 1.807) is 31.2 Å². The summed E-state index contributed by atoms with van der Waals surface area (Å²) in [7, 11) is 0. The van der Waals surface area contributed by atoms with E-state index >= 15 is 0 Å². The summed E-state index contributed by atoms with van der Waals surface area (Å²) in [6, 6.07) is 4.94. The van der Waals surface area contributed by atoms with Crippen LogP contribution in [0, 0.1) is 0 Å². The third-order valence-electron chi connectivity index (χ3n) is 2.82. The van der Waals surface area contributed by atoms with E-state index in [1.807, 2.05) is 0 Å². The van der Waals surface area contributed by atoms with Crippen LogP contribution in [0.3, 0.4) is 0 Å². The Balaban J connectivity index is 2.73. The summed E-state index contributed by atoms with van der Waals surface area (Å²) >= 11 is 0. The molecule has 1 rings (SSSR count). The van der Waals surface area contributed by atoms with Gasteiger partial charge < -0.3 is 26.0 Å². The topological polar surface area (TPSA) is 139 Å². The zero-order valence-electron chi connectivity index (χ0n) is 12.0. The Labute approximate surface area is 126 Å². The fraction of sp³-hybridized carbons (Fsp3) is 0.357. The van der Waals surface area contributed by atoms with Gasteiger partial charge in [0.05, 0.1) is 6.61 Å². The number of aliphatic carboxylic acids is 2. The SMILES string of the molecule is CCC(=O)Nc1cccc(CO[C@H](C(=O)O)[C@H](N)C(=O)O)c1. The highest BCUT2D eigenvalue weighted by Gasteiger charge is 2.31. The van der Waals surface area contributed by atoms with Gasteiger partial charge in [0.1, 0.15) is 6.04 Å². The fourth-order valence-electron chi connectivity index (χ4n) is 1.63. The molecule has 0 fully saturated rings. The maximum atomic E-state index is 11.3. The van der Waals surface area contributed by atoms with Crippen molar-refractivity contribution in [2.75, 3.05) is 5.32 Å². The average molecular weight is 310 g/mol. The number of nitrogens with two attached hydrogens (primary N) is 1. The number of hydrogen-bond donors (Lipinski definition) is 4. The number of nitrogens with one attached hydrogen (secondary N) is 1. The molecule has 0 radical (unpaired) electrons. The van der Waals surface area contributed by atoms with Crippen molar-refractivity contribution in [3.05, 3.63) is 29.8 Å². The first kappa shape index (κ1) is 17.6. The number of benzene rings is 1. The molecule has 0 aromatic heterocycles. The van der Waals surface area contributed by atoms with Gasteiger partial charge in [0.2, 0.25) is 5.91 Å². The summed E-state index contributed by atoms with van der Waals surface area (Å²) in [6.07, 6.45) is -1.33. The lowest BCUT2D eigenvalue weighted by Crippen LogP contribution is -2.47. The summed E-state index contributed by atoms with van der Waals surface area (Å²) in [4.78, 5) is 33.1. The van der Waals surface area contributed by atoms with Crippen molar-refractivity contribution in [3.8, 4) is 0 Å². The molecule has 22 heavy (non-hydrogen) atoms. The molecule has 1 amide bonds. The van der Waals surface area contributed by atoms with Crippen molar-refractivity contribution in [1.82, 2.24) is 0 Å². The second kappa shape index (κ2) is 8.11. The summed E-state index contributed by atoms with van der Waals surface area (Å²) in [5.41, 5.74) is 6.40. The van der Waals surface area contributed by atoms with E-state index in [1.165, 1.54) is 0 Å². The highest BCUT2D eigenvalue weighted by Crippen LogP contribution is 2.13. The van der Waals surface area contributed by atoms with E-state index in [2.05, 4.69) is 5.32 Å². The predicted molar refractivity (Wildman–Crippen MR) is 77.2 cm³/mol. The monoisotopic (exact) mass is 310 g/mol. The van der Waals surface area contributed by atoms with Crippen LogP contribution >= 0.6 is 0 Å². The molecule has 0 aliphatic carbocycles. The maximum absolute atomic E-state index is 11.3. The predicted octanol–water partition coefficient (Wildman–Crippen LogP) is 0.417. The number of amides is 1. The van der Waals surface area contributed by atoms with E-state index in [-0.39, 0.29) is 12.5 Å². The molecule has 5 N–H and O–H groups in total. The molecule has 0 bridgehead atoms. The van der Waals surface area contributed by atoms with E-state index in [0.717, 1.165) is 0 Å². The second-order valence-corrected chi connectivity index (χ2v) is 4.54. The lowest BCUT2D eigenvalue weighted by molar-refractivity contribution is -0.159. The first-order chi connectivity index (χ1) is 10.3. The normalized spacial score (nSPS) is 13.2. The molecule has 2 atom stereocenters. The lowest BCUT2D eigenvalue weighted by atomic mass is 10.1. The molecule has 0 aliphatic heterocycles. The molecule has 8 nitrogen and oxygen atoms in total. The quantitative estimate of drug-likeness (QED) is 0.545. The van der Waals surface area contributed by atoms with E-state index < -0.39 is 24.1 Å².